The van der Waals surface area contributed by atoms with Crippen molar-refractivity contribution >= 4 is 17.3 Å². The Hall–Kier alpha value is -2.00. The fraction of sp³-hybridized carbons (Fsp3) is 0.667. The van der Waals surface area contributed by atoms with Crippen LogP contribution in [0.4, 0.5) is 0 Å². The van der Waals surface area contributed by atoms with Crippen molar-refractivity contribution in [2.24, 2.45) is 12.0 Å². The Morgan fingerprint density at radius 3 is 2.93 bits per heavy atom. The third-order valence-corrected chi connectivity index (χ3v) is 5.73. The van der Waals surface area contributed by atoms with Gasteiger partial charge >= 0.3 is 0 Å². The van der Waals surface area contributed by atoms with E-state index < -0.39 is 0 Å². The Balaban J connectivity index is 1.63. The van der Waals surface area contributed by atoms with Crippen molar-refractivity contribution in [2.75, 3.05) is 26.7 Å². The van der Waals surface area contributed by atoms with Crippen LogP contribution in [0.15, 0.2) is 11.2 Å². The molecule has 0 saturated carbocycles. The fourth-order valence-electron chi connectivity index (χ4n) is 2.94. The number of hydrogen-bond acceptors (Lipinski definition) is 6. The molecule has 0 aromatic carbocycles. The van der Waals surface area contributed by atoms with Gasteiger partial charge in [-0.15, -0.1) is 21.5 Å². The van der Waals surface area contributed by atoms with E-state index in [0.29, 0.717) is 6.54 Å². The highest BCUT2D eigenvalue weighted by Crippen LogP contribution is 2.13. The Morgan fingerprint density at radius 2 is 2.30 bits per heavy atom. The van der Waals surface area contributed by atoms with Crippen LogP contribution in [0.3, 0.4) is 0 Å². The highest BCUT2D eigenvalue weighted by atomic mass is 32.1. The number of aliphatic imine (C=N–C) groups is 1. The molecule has 3 rings (SSSR count). The molecule has 1 atom stereocenters. The van der Waals surface area contributed by atoms with Crippen molar-refractivity contribution in [3.05, 3.63) is 27.7 Å². The van der Waals surface area contributed by atoms with E-state index in [0.717, 1.165) is 61.6 Å². The topological polar surface area (TPSA) is 80.5 Å². The van der Waals surface area contributed by atoms with Gasteiger partial charge in [0.2, 0.25) is 0 Å². The Kier molecular flexibility index (Phi) is 6.78. The van der Waals surface area contributed by atoms with Gasteiger partial charge in [0.1, 0.15) is 12.4 Å². The molecule has 27 heavy (non-hydrogen) atoms. The van der Waals surface area contributed by atoms with Gasteiger partial charge in [-0.3, -0.25) is 0 Å². The zero-order chi connectivity index (χ0) is 19.2. The summed E-state index contributed by atoms with van der Waals surface area (Å²) in [4.78, 5) is 12.6. The molecular formula is C18H29N7OS. The molecule has 1 aliphatic rings. The first-order valence-electron chi connectivity index (χ1n) is 9.40. The van der Waals surface area contributed by atoms with Crippen LogP contribution in [-0.2, 0) is 24.8 Å². The minimum absolute atomic E-state index is 0.266. The predicted molar refractivity (Wildman–Crippen MR) is 107 cm³/mol. The van der Waals surface area contributed by atoms with E-state index >= 15 is 0 Å². The molecule has 0 bridgehead atoms. The number of aromatic nitrogens is 4. The van der Waals surface area contributed by atoms with Gasteiger partial charge in [0.15, 0.2) is 11.8 Å². The maximum atomic E-state index is 5.73. The summed E-state index contributed by atoms with van der Waals surface area (Å²) in [5, 5.41) is 12.9. The maximum Gasteiger partial charge on any atom is 0.194 e. The van der Waals surface area contributed by atoms with E-state index in [1.54, 1.807) is 11.3 Å². The quantitative estimate of drug-likeness (QED) is 0.571. The van der Waals surface area contributed by atoms with Crippen LogP contribution < -0.4 is 5.32 Å². The van der Waals surface area contributed by atoms with Gasteiger partial charge in [-0.2, -0.15) is 0 Å². The summed E-state index contributed by atoms with van der Waals surface area (Å²) >= 11 is 1.75. The van der Waals surface area contributed by atoms with Crippen molar-refractivity contribution in [1.29, 1.82) is 0 Å². The molecule has 1 N–H and O–H groups in total. The van der Waals surface area contributed by atoms with Crippen molar-refractivity contribution in [3.8, 4) is 0 Å². The van der Waals surface area contributed by atoms with Crippen LogP contribution in [0.2, 0.25) is 0 Å². The zero-order valence-electron chi connectivity index (χ0n) is 16.6. The molecule has 148 valence electrons. The summed E-state index contributed by atoms with van der Waals surface area (Å²) < 4.78 is 7.70. The first kappa shape index (κ1) is 19.8. The lowest BCUT2D eigenvalue weighted by atomic mass is 10.2. The van der Waals surface area contributed by atoms with Crippen LogP contribution in [0.25, 0.3) is 0 Å². The molecule has 3 heterocycles. The van der Waals surface area contributed by atoms with E-state index in [9.17, 15) is 0 Å². The predicted octanol–water partition coefficient (Wildman–Crippen LogP) is 1.69. The third kappa shape index (κ3) is 5.49. The van der Waals surface area contributed by atoms with E-state index in [2.05, 4.69) is 39.4 Å². The smallest absolute Gasteiger partial charge is 0.194 e. The third-order valence-electron chi connectivity index (χ3n) is 4.76. The summed E-state index contributed by atoms with van der Waals surface area (Å²) in [6, 6.07) is 0. The van der Waals surface area contributed by atoms with E-state index in [1.807, 2.05) is 24.7 Å². The molecule has 1 aliphatic heterocycles. The molecule has 8 nitrogen and oxygen atoms in total. The number of rotatable bonds is 7. The zero-order valence-corrected chi connectivity index (χ0v) is 17.4. The monoisotopic (exact) mass is 391 g/mol. The molecule has 0 spiro atoms. The lowest BCUT2D eigenvalue weighted by Gasteiger charge is -2.23. The van der Waals surface area contributed by atoms with Crippen molar-refractivity contribution in [2.45, 2.75) is 45.8 Å². The van der Waals surface area contributed by atoms with Crippen LogP contribution in [-0.4, -0.2) is 63.5 Å². The van der Waals surface area contributed by atoms with Crippen LogP contribution >= 0.6 is 11.3 Å². The summed E-state index contributed by atoms with van der Waals surface area (Å²) in [5.74, 6) is 2.61. The SMILES string of the molecule is Cc1cnc(CCN(C)C(=NCc2nnc(C)n2C)NCC2CCCO2)s1. The number of aryl methyl sites for hydroxylation is 2. The molecule has 0 radical (unpaired) electrons. The normalized spacial score (nSPS) is 17.5. The average molecular weight is 392 g/mol. The van der Waals surface area contributed by atoms with E-state index in [1.165, 1.54) is 4.88 Å². The van der Waals surface area contributed by atoms with Crippen LogP contribution in [0.1, 0.15) is 34.4 Å². The first-order chi connectivity index (χ1) is 13.0. The number of nitrogens with one attached hydrogen (secondary N) is 1. The van der Waals surface area contributed by atoms with E-state index in [-0.39, 0.29) is 6.10 Å². The molecule has 0 amide bonds. The van der Waals surface area contributed by atoms with E-state index in [4.69, 9.17) is 9.73 Å². The number of ether oxygens (including phenoxy) is 1. The summed E-state index contributed by atoms with van der Waals surface area (Å²) in [6.45, 7) is 7.00. The molecule has 9 heteroatoms. The first-order valence-corrected chi connectivity index (χ1v) is 10.2. The fourth-order valence-corrected chi connectivity index (χ4v) is 3.72. The Labute approximate surface area is 164 Å². The molecule has 1 fully saturated rings. The largest absolute Gasteiger partial charge is 0.376 e. The maximum absolute atomic E-state index is 5.73. The molecule has 2 aromatic heterocycles. The van der Waals surface area contributed by atoms with Crippen molar-refractivity contribution in [1.82, 2.24) is 30.0 Å². The molecule has 0 aliphatic carbocycles. The minimum atomic E-state index is 0.266. The van der Waals surface area contributed by atoms with Gasteiger partial charge in [-0.25, -0.2) is 9.98 Å². The van der Waals surface area contributed by atoms with Gasteiger partial charge in [-0.05, 0) is 26.7 Å². The van der Waals surface area contributed by atoms with Crippen molar-refractivity contribution < 1.29 is 4.74 Å². The second kappa shape index (κ2) is 9.27. The molecule has 1 saturated heterocycles. The average Bonchev–Trinajstić information content (AvgIpc) is 3.38. The minimum Gasteiger partial charge on any atom is -0.376 e. The molecular weight excluding hydrogens is 362 g/mol. The van der Waals surface area contributed by atoms with Gasteiger partial charge < -0.3 is 19.5 Å². The summed E-state index contributed by atoms with van der Waals surface area (Å²) in [5.41, 5.74) is 0. The molecule has 2 aromatic rings. The van der Waals surface area contributed by atoms with Gasteiger partial charge in [0, 0.05) is 51.3 Å². The highest BCUT2D eigenvalue weighted by Gasteiger charge is 2.17. The number of nitrogens with zero attached hydrogens (tertiary/aromatic N) is 6. The summed E-state index contributed by atoms with van der Waals surface area (Å²) in [7, 11) is 4.03. The van der Waals surface area contributed by atoms with Gasteiger partial charge in [-0.1, -0.05) is 0 Å². The standard InChI is InChI=1S/C18H29N7OS/c1-13-10-19-17(27-13)7-8-24(3)18(20-11-15-6-5-9-26-15)21-12-16-23-22-14(2)25(16)4/h10,15H,5-9,11-12H2,1-4H3,(H,20,21). The van der Waals surface area contributed by atoms with Crippen LogP contribution in [0, 0.1) is 13.8 Å². The number of guanidine groups is 1. The second-order valence-corrected chi connectivity index (χ2v) is 8.23. The van der Waals surface area contributed by atoms with Crippen LogP contribution in [0.5, 0.6) is 0 Å². The van der Waals surface area contributed by atoms with Gasteiger partial charge in [0.25, 0.3) is 0 Å². The lowest BCUT2D eigenvalue weighted by molar-refractivity contribution is 0.113. The Morgan fingerprint density at radius 1 is 1.44 bits per heavy atom. The lowest BCUT2D eigenvalue weighted by Crippen LogP contribution is -2.43. The summed E-state index contributed by atoms with van der Waals surface area (Å²) in [6.07, 6.45) is 5.34. The number of hydrogen-bond donors (Lipinski definition) is 1. The highest BCUT2D eigenvalue weighted by molar-refractivity contribution is 7.11. The van der Waals surface area contributed by atoms with Gasteiger partial charge in [0.05, 0.1) is 11.1 Å². The Bertz CT molecular complexity index is 764. The molecule has 1 unspecified atom stereocenters. The van der Waals surface area contributed by atoms with Crippen molar-refractivity contribution in [3.63, 3.8) is 0 Å². The number of likely N-dealkylation sites (N-methyl/N-ethyl adjacent to an activating group) is 1. The number of thiazole rings is 1. The second-order valence-electron chi connectivity index (χ2n) is 6.91.